The number of benzene rings is 20. The molecule has 7 nitrogen and oxygen atoms in total. The first kappa shape index (κ1) is 81.0. The lowest BCUT2D eigenvalue weighted by Crippen LogP contribution is -2.14. The fourth-order valence-electron chi connectivity index (χ4n) is 21.9. The predicted molar refractivity (Wildman–Crippen MR) is 565 cm³/mol. The summed E-state index contributed by atoms with van der Waals surface area (Å²) in [6.45, 7) is 14.1. The molecule has 0 amide bonds. The van der Waals surface area contributed by atoms with E-state index in [9.17, 15) is 0 Å². The maximum atomic E-state index is 6.28. The van der Waals surface area contributed by atoms with Crippen molar-refractivity contribution in [2.45, 2.75) is 57.8 Å². The molecule has 0 aliphatic heterocycles. The number of para-hydroxylation sites is 7. The number of hydrogen-bond donors (Lipinski definition) is 0. The van der Waals surface area contributed by atoms with Crippen molar-refractivity contribution in [2.75, 3.05) is 0 Å². The van der Waals surface area contributed by atoms with E-state index in [4.69, 9.17) is 34.3 Å². The Morgan fingerprint density at radius 2 is 0.426 bits per heavy atom. The number of fused-ring (bicyclic) bond motifs is 18. The van der Waals surface area contributed by atoms with Crippen molar-refractivity contribution >= 4 is 87.4 Å². The van der Waals surface area contributed by atoms with Crippen molar-refractivity contribution in [2.24, 2.45) is 0 Å². The average Bonchev–Trinajstić information content (AvgIpc) is 1.57. The summed E-state index contributed by atoms with van der Waals surface area (Å²) in [5.74, 6) is 0. The van der Waals surface area contributed by atoms with Crippen LogP contribution in [0.5, 0.6) is 0 Å². The van der Waals surface area contributed by atoms with Gasteiger partial charge in [-0.1, -0.05) is 375 Å². The molecule has 0 spiro atoms. The predicted octanol–water partition coefficient (Wildman–Crippen LogP) is 33.8. The number of hydrogen-bond acceptors (Lipinski definition) is 7. The van der Waals surface area contributed by atoms with Gasteiger partial charge in [0.2, 0.25) is 0 Å². The first-order chi connectivity index (χ1) is 66.7. The van der Waals surface area contributed by atoms with Crippen LogP contribution in [-0.2, 0) is 16.2 Å². The minimum absolute atomic E-state index is 0.0413. The standard InChI is InChI=1S/C45H30N2O.C45H32N2.C39H28N2/c1-45(2)36-19-5-3-15-31(36)35-25-28-13-10-17-30(34(28)26-37(35)45)27-12-9-14-29(24-27)43-44(47-39-21-7-6-20-38(39)46-43)33-18-11-23-41-42(33)32-16-4-8-22-40(32)48-41;1-45(2)39-19-7-6-17-36(39)38-27-33-15-11-18-35(37(33)28-40(38)45)32-14-10-16-34(26-32)44-43(46-41-20-8-9-21-42(41)47-44)31-24-22-30(23-25-31)29-12-4-3-5-13-29;1-39(2)33-19-7-6-17-30(33)32-23-27-15-11-18-29(31(27)24-34(32)39)26-14-10-16-28(22-26)38-37(25-12-4-3-5-13-25)40-35-20-8-9-21-36(35)41-38/h3-26H,1-2H3;3-28H,1-2H3;3-24H,1-2H3. The molecule has 4 heterocycles. The topological polar surface area (TPSA) is 90.5 Å². The molecule has 0 atom stereocenters. The van der Waals surface area contributed by atoms with Crippen LogP contribution in [0.25, 0.3) is 233 Å². The minimum atomic E-state index is -0.0665. The quantitative estimate of drug-likeness (QED) is 0.135. The van der Waals surface area contributed by atoms with Gasteiger partial charge in [0, 0.05) is 60.4 Å². The largest absolute Gasteiger partial charge is 0.456 e. The normalized spacial score (nSPS) is 13.2. The van der Waals surface area contributed by atoms with Gasteiger partial charge in [0.1, 0.15) is 11.2 Å². The summed E-state index contributed by atoms with van der Waals surface area (Å²) in [7, 11) is 0. The van der Waals surface area contributed by atoms with Crippen molar-refractivity contribution in [1.29, 1.82) is 0 Å². The Labute approximate surface area is 789 Å². The number of furan rings is 1. The summed E-state index contributed by atoms with van der Waals surface area (Å²) in [5.41, 5.74) is 44.3. The molecule has 24 aromatic rings. The van der Waals surface area contributed by atoms with Gasteiger partial charge >= 0.3 is 0 Å². The van der Waals surface area contributed by atoms with E-state index >= 15 is 0 Å². The van der Waals surface area contributed by atoms with Gasteiger partial charge in [0.25, 0.3) is 0 Å². The van der Waals surface area contributed by atoms with E-state index in [1.54, 1.807) is 0 Å². The lowest BCUT2D eigenvalue weighted by molar-refractivity contribution is 0.661. The van der Waals surface area contributed by atoms with Gasteiger partial charge in [-0.05, 0) is 247 Å². The van der Waals surface area contributed by atoms with E-state index in [2.05, 4.69) is 369 Å². The molecular weight excluding hydrogens is 1650 g/mol. The zero-order valence-electron chi connectivity index (χ0n) is 76.2. The second-order valence-electron chi connectivity index (χ2n) is 37.8. The number of rotatable bonds is 10. The van der Waals surface area contributed by atoms with E-state index in [-0.39, 0.29) is 16.2 Å². The van der Waals surface area contributed by atoms with Crippen LogP contribution in [0.4, 0.5) is 0 Å². The Balaban J connectivity index is 0.000000109. The molecule has 20 aromatic carbocycles. The molecule has 0 bridgehead atoms. The van der Waals surface area contributed by atoms with Crippen LogP contribution in [0.3, 0.4) is 0 Å². The van der Waals surface area contributed by atoms with Crippen molar-refractivity contribution in [3.63, 3.8) is 0 Å². The van der Waals surface area contributed by atoms with Crippen LogP contribution in [0.15, 0.2) is 441 Å². The Morgan fingerprint density at radius 1 is 0.162 bits per heavy atom. The van der Waals surface area contributed by atoms with E-state index in [1.807, 2.05) is 109 Å². The Hall–Kier alpha value is -17.0. The molecule has 0 N–H and O–H groups in total. The molecule has 0 saturated heterocycles. The van der Waals surface area contributed by atoms with Gasteiger partial charge in [-0.2, -0.15) is 0 Å². The lowest BCUT2D eigenvalue weighted by atomic mass is 9.81. The second-order valence-corrected chi connectivity index (χ2v) is 37.8. The van der Waals surface area contributed by atoms with Crippen molar-refractivity contribution in [1.82, 2.24) is 29.9 Å². The zero-order chi connectivity index (χ0) is 91.1. The SMILES string of the molecule is CC1(C)c2ccccc2-c2cc3cccc(-c4cccc(-c5nc6ccccc6nc5-c5ccc(-c6ccccc6)cc5)c4)c3cc21.CC1(C)c2ccccc2-c2cc3cccc(-c4cccc(-c5nc6ccccc6nc5-c5cccc6oc7ccccc7c56)c4)c3cc21.CC1(C)c2ccccc2-c2cc3cccc(-c4cccc(-c5nc6ccccc6nc5-c5ccccc5)c4)c3cc21. The summed E-state index contributed by atoms with van der Waals surface area (Å²) in [4.78, 5) is 31.2. The number of aromatic nitrogens is 6. The maximum Gasteiger partial charge on any atom is 0.136 e. The zero-order valence-corrected chi connectivity index (χ0v) is 76.2. The van der Waals surface area contributed by atoms with Gasteiger partial charge in [0.15, 0.2) is 0 Å². The summed E-state index contributed by atoms with van der Waals surface area (Å²) >= 11 is 0. The monoisotopic (exact) mass is 1740 g/mol. The van der Waals surface area contributed by atoms with Crippen LogP contribution in [0, 0.1) is 0 Å². The first-order valence-electron chi connectivity index (χ1n) is 46.9. The maximum absolute atomic E-state index is 6.28. The second kappa shape index (κ2) is 32.2. The third-order valence-electron chi connectivity index (χ3n) is 28.8. The van der Waals surface area contributed by atoms with Crippen molar-refractivity contribution in [3.8, 4) is 145 Å². The van der Waals surface area contributed by atoms with Crippen molar-refractivity contribution in [3.05, 3.63) is 470 Å². The lowest BCUT2D eigenvalue weighted by Gasteiger charge is -2.22. The minimum Gasteiger partial charge on any atom is -0.456 e. The van der Waals surface area contributed by atoms with E-state index in [0.29, 0.717) is 0 Å². The molecular formula is C129H90N6O. The molecule has 3 aliphatic carbocycles. The van der Waals surface area contributed by atoms with E-state index < -0.39 is 0 Å². The third kappa shape index (κ3) is 13.6. The Morgan fingerprint density at radius 3 is 0.831 bits per heavy atom. The molecule has 642 valence electrons. The van der Waals surface area contributed by atoms with Crippen LogP contribution >= 0.6 is 0 Å². The highest BCUT2D eigenvalue weighted by Gasteiger charge is 2.39. The van der Waals surface area contributed by atoms with Gasteiger partial charge in [-0.15, -0.1) is 0 Å². The summed E-state index contributed by atoms with van der Waals surface area (Å²) in [6.07, 6.45) is 0. The van der Waals surface area contributed by atoms with E-state index in [0.717, 1.165) is 128 Å². The van der Waals surface area contributed by atoms with Crippen LogP contribution in [0.2, 0.25) is 0 Å². The summed E-state index contributed by atoms with van der Waals surface area (Å²) in [6, 6.07) is 156. The molecule has 0 radical (unpaired) electrons. The van der Waals surface area contributed by atoms with Crippen LogP contribution in [-0.4, -0.2) is 29.9 Å². The molecule has 0 unspecified atom stereocenters. The van der Waals surface area contributed by atoms with Gasteiger partial charge in [-0.3, -0.25) is 0 Å². The van der Waals surface area contributed by atoms with Gasteiger partial charge in [-0.25, -0.2) is 29.9 Å². The molecule has 4 aromatic heterocycles. The molecule has 136 heavy (non-hydrogen) atoms. The molecule has 0 fully saturated rings. The summed E-state index contributed by atoms with van der Waals surface area (Å²) < 4.78 is 6.28. The highest BCUT2D eigenvalue weighted by molar-refractivity contribution is 6.14. The highest BCUT2D eigenvalue weighted by Crippen LogP contribution is 2.55. The third-order valence-corrected chi connectivity index (χ3v) is 28.8. The molecule has 7 heteroatoms. The average molecular weight is 1740 g/mol. The van der Waals surface area contributed by atoms with Gasteiger partial charge in [0.05, 0.1) is 67.3 Å². The highest BCUT2D eigenvalue weighted by atomic mass is 16.3. The summed E-state index contributed by atoms with van der Waals surface area (Å²) in [5, 5.41) is 9.69. The molecule has 3 aliphatic rings. The first-order valence-corrected chi connectivity index (χ1v) is 46.9. The smallest absolute Gasteiger partial charge is 0.136 e. The van der Waals surface area contributed by atoms with Gasteiger partial charge < -0.3 is 4.42 Å². The van der Waals surface area contributed by atoms with E-state index in [1.165, 1.54) is 138 Å². The van der Waals surface area contributed by atoms with Crippen LogP contribution < -0.4 is 0 Å². The van der Waals surface area contributed by atoms with Crippen molar-refractivity contribution < 1.29 is 4.42 Å². The Kier molecular flexibility index (Phi) is 19.2. The molecule has 27 rings (SSSR count). The van der Waals surface area contributed by atoms with Crippen LogP contribution in [0.1, 0.15) is 74.9 Å². The molecule has 0 saturated carbocycles. The number of nitrogens with zero attached hydrogens (tertiary/aromatic N) is 6. The fourth-order valence-corrected chi connectivity index (χ4v) is 21.9. The fraction of sp³-hybridized carbons (Fsp3) is 0.0698. The Bertz CT molecular complexity index is 9020.